The van der Waals surface area contributed by atoms with E-state index in [1.54, 1.807) is 62.8 Å². The zero-order valence-electron chi connectivity index (χ0n) is 34.6. The molecule has 5 aromatic rings. The second kappa shape index (κ2) is 18.5. The van der Waals surface area contributed by atoms with Gasteiger partial charge < -0.3 is 34.4 Å². The molecule has 1 aliphatic rings. The normalized spacial score (nSPS) is 14.9. The van der Waals surface area contributed by atoms with Crippen LogP contribution in [0.15, 0.2) is 94.7 Å². The second-order valence-electron chi connectivity index (χ2n) is 15.6. The number of hydrogen-bond acceptors (Lipinski definition) is 11. The fourth-order valence-corrected chi connectivity index (χ4v) is 9.47. The van der Waals surface area contributed by atoms with Crippen LogP contribution in [0.2, 0.25) is 0 Å². The van der Waals surface area contributed by atoms with Crippen LogP contribution >= 0.6 is 0 Å². The largest absolute Gasteiger partial charge is 0.504 e. The number of hydrogen-bond donors (Lipinski definition) is 4. The van der Waals surface area contributed by atoms with Gasteiger partial charge in [0.1, 0.15) is 0 Å². The number of piperidine rings is 1. The molecule has 1 radical (unpaired) electrons. The first-order valence-corrected chi connectivity index (χ1v) is 23.0. The van der Waals surface area contributed by atoms with E-state index in [0.29, 0.717) is 49.4 Å². The van der Waals surface area contributed by atoms with Gasteiger partial charge in [-0.1, -0.05) is 36.4 Å². The molecule has 0 amide bonds. The van der Waals surface area contributed by atoms with Crippen LogP contribution in [0, 0.1) is 11.8 Å². The van der Waals surface area contributed by atoms with Gasteiger partial charge in [-0.2, -0.15) is 0 Å². The average Bonchev–Trinajstić information content (AvgIpc) is 3.20. The quantitative estimate of drug-likeness (QED) is 0.0811. The fraction of sp³-hybridized carbons (Fsp3) is 0.326. The van der Waals surface area contributed by atoms with Gasteiger partial charge in [0, 0.05) is 42.7 Å². The Morgan fingerprint density at radius 1 is 0.683 bits per heavy atom. The first-order valence-electron chi connectivity index (χ1n) is 19.6. The van der Waals surface area contributed by atoms with Gasteiger partial charge >= 0.3 is 0 Å². The second-order valence-corrected chi connectivity index (χ2v) is 19.2. The van der Waals surface area contributed by atoms with Gasteiger partial charge in [-0.15, -0.1) is 0 Å². The van der Waals surface area contributed by atoms with E-state index in [1.165, 1.54) is 31.6 Å². The van der Waals surface area contributed by atoms with E-state index >= 15 is 0 Å². The van der Waals surface area contributed by atoms with Gasteiger partial charge in [-0.05, 0) is 134 Å². The lowest BCUT2D eigenvalue weighted by Gasteiger charge is -2.34. The summed E-state index contributed by atoms with van der Waals surface area (Å²) in [7, 11) is -0.593. The molecule has 1 heterocycles. The Hall–Kier alpha value is -5.28. The number of phenolic OH excluding ortho intramolecular Hbond substituents is 3. The summed E-state index contributed by atoms with van der Waals surface area (Å²) < 4.78 is 67.5. The summed E-state index contributed by atoms with van der Waals surface area (Å²) in [5.74, 6) is 1.97. The van der Waals surface area contributed by atoms with Gasteiger partial charge in [0.25, 0.3) is 0 Å². The number of sulfonamides is 1. The molecule has 0 spiro atoms. The number of methoxy groups -OCH3 is 3. The summed E-state index contributed by atoms with van der Waals surface area (Å²) in [6.45, 7) is 1.84. The van der Waals surface area contributed by atoms with Gasteiger partial charge in [0.05, 0.1) is 31.1 Å². The SMILES string of the molecule is COc1cc(C[C](Cc2ccc(O)c(O)c2)c2c(CC3CCCN(C)C3)c(Cc3ccc(S(C)(=O)=O)cc3)c(OC)c(OC)c2Cc2ccc(S(N)(=O)=O)cc2)ccc1O. The molecular formula is C46H53N2O10S2. The predicted octanol–water partition coefficient (Wildman–Crippen LogP) is 6.35. The monoisotopic (exact) mass is 857 g/mol. The van der Waals surface area contributed by atoms with Crippen LogP contribution in [0.25, 0.3) is 0 Å². The van der Waals surface area contributed by atoms with Gasteiger partial charge in [0.15, 0.2) is 44.3 Å². The Morgan fingerprint density at radius 3 is 1.75 bits per heavy atom. The van der Waals surface area contributed by atoms with Gasteiger partial charge in [0.2, 0.25) is 10.0 Å². The first kappa shape index (κ1) is 44.3. The highest BCUT2D eigenvalue weighted by molar-refractivity contribution is 7.90. The molecule has 5 aromatic carbocycles. The number of nitrogens with two attached hydrogens (primary N) is 1. The Kier molecular flexibility index (Phi) is 13.7. The molecule has 5 N–H and O–H groups in total. The fourth-order valence-electron chi connectivity index (χ4n) is 8.33. The van der Waals surface area contributed by atoms with Crippen LogP contribution in [0.5, 0.6) is 34.5 Å². The molecule has 6 rings (SSSR count). The molecule has 12 nitrogen and oxygen atoms in total. The van der Waals surface area contributed by atoms with Crippen molar-refractivity contribution in [2.24, 2.45) is 11.1 Å². The van der Waals surface area contributed by atoms with E-state index in [0.717, 1.165) is 76.4 Å². The molecule has 14 heteroatoms. The van der Waals surface area contributed by atoms with Crippen molar-refractivity contribution in [3.8, 4) is 34.5 Å². The highest BCUT2D eigenvalue weighted by Gasteiger charge is 2.33. The summed E-state index contributed by atoms with van der Waals surface area (Å²) in [6.07, 6.45) is 5.19. The Morgan fingerprint density at radius 2 is 1.22 bits per heavy atom. The number of rotatable bonds is 16. The molecule has 0 aliphatic carbocycles. The predicted molar refractivity (Wildman–Crippen MR) is 231 cm³/mol. The molecular weight excluding hydrogens is 805 g/mol. The summed E-state index contributed by atoms with van der Waals surface area (Å²) in [6, 6.07) is 23.2. The molecule has 1 fully saturated rings. The number of ether oxygens (including phenoxy) is 3. The van der Waals surface area contributed by atoms with Crippen LogP contribution in [0.3, 0.4) is 0 Å². The first-order chi connectivity index (χ1) is 28.5. The van der Waals surface area contributed by atoms with E-state index < -0.39 is 19.9 Å². The maximum Gasteiger partial charge on any atom is 0.238 e. The maximum absolute atomic E-state index is 12.4. The molecule has 0 bridgehead atoms. The number of phenols is 3. The Balaban J connectivity index is 1.68. The molecule has 60 heavy (non-hydrogen) atoms. The minimum Gasteiger partial charge on any atom is -0.504 e. The molecule has 0 aromatic heterocycles. The maximum atomic E-state index is 12.4. The highest BCUT2D eigenvalue weighted by atomic mass is 32.2. The lowest BCUT2D eigenvalue weighted by molar-refractivity contribution is 0.209. The van der Waals surface area contributed by atoms with Crippen molar-refractivity contribution in [2.75, 3.05) is 47.7 Å². The van der Waals surface area contributed by atoms with Crippen molar-refractivity contribution in [2.45, 2.75) is 54.7 Å². The van der Waals surface area contributed by atoms with E-state index in [4.69, 9.17) is 19.3 Å². The molecule has 319 valence electrons. The van der Waals surface area contributed by atoms with Crippen molar-refractivity contribution < 1.29 is 46.4 Å². The number of likely N-dealkylation sites (tertiary alicyclic amines) is 1. The van der Waals surface area contributed by atoms with Gasteiger partial charge in [-0.3, -0.25) is 0 Å². The third-order valence-electron chi connectivity index (χ3n) is 11.2. The summed E-state index contributed by atoms with van der Waals surface area (Å²) in [5, 5.41) is 37.0. The van der Waals surface area contributed by atoms with Gasteiger partial charge in [-0.25, -0.2) is 22.0 Å². The van der Waals surface area contributed by atoms with Crippen molar-refractivity contribution in [1.29, 1.82) is 0 Å². The standard InChI is InChI=1S/C46H53N2O10S2/c1-48-20-6-7-33(28-48)25-37-38(23-29-8-14-35(15-9-29)59(5,52)53)45(57-3)46(58-4)39(24-30-10-16-36(17-11-30)60(47,54)55)44(37)34(21-31-12-18-40(49)42(51)26-31)22-32-13-19-41(50)43(27-32)56-2/h8-19,26-27,33,49-51H,6-7,20-25,28H2,1-5H3,(H2,47,54,55). The topological polar surface area (TPSA) is 186 Å². The van der Waals surface area contributed by atoms with E-state index in [-0.39, 0.29) is 33.0 Å². The molecule has 1 atom stereocenters. The minimum atomic E-state index is -3.95. The molecule has 1 aliphatic heterocycles. The highest BCUT2D eigenvalue weighted by Crippen LogP contribution is 2.48. The lowest BCUT2D eigenvalue weighted by Crippen LogP contribution is -2.33. The zero-order valence-corrected chi connectivity index (χ0v) is 36.2. The van der Waals surface area contributed by atoms with Crippen molar-refractivity contribution in [1.82, 2.24) is 4.90 Å². The summed E-state index contributed by atoms with van der Waals surface area (Å²) in [4.78, 5) is 2.53. The van der Waals surface area contributed by atoms with E-state index in [9.17, 15) is 32.2 Å². The number of benzene rings is 5. The number of aromatic hydroxyl groups is 3. The van der Waals surface area contributed by atoms with Crippen molar-refractivity contribution in [3.63, 3.8) is 0 Å². The lowest BCUT2D eigenvalue weighted by atomic mass is 9.75. The Bertz CT molecular complexity index is 2540. The van der Waals surface area contributed by atoms with E-state index in [1.807, 2.05) is 18.2 Å². The summed E-state index contributed by atoms with van der Waals surface area (Å²) >= 11 is 0. The number of nitrogens with zero attached hydrogens (tertiary/aromatic N) is 1. The molecule has 1 saturated heterocycles. The van der Waals surface area contributed by atoms with Crippen molar-refractivity contribution in [3.05, 3.63) is 135 Å². The average molecular weight is 858 g/mol. The number of sulfone groups is 1. The van der Waals surface area contributed by atoms with Crippen LogP contribution in [-0.4, -0.2) is 84.8 Å². The van der Waals surface area contributed by atoms with E-state index in [2.05, 4.69) is 11.9 Å². The third-order valence-corrected chi connectivity index (χ3v) is 13.2. The van der Waals surface area contributed by atoms with Crippen LogP contribution in [-0.2, 0) is 52.0 Å². The molecule has 0 saturated carbocycles. The Labute approximate surface area is 353 Å². The van der Waals surface area contributed by atoms with Crippen LogP contribution in [0.1, 0.15) is 57.3 Å². The zero-order chi connectivity index (χ0) is 43.4. The number of primary sulfonamides is 1. The minimum absolute atomic E-state index is 0.00714. The smallest absolute Gasteiger partial charge is 0.238 e. The van der Waals surface area contributed by atoms with Crippen LogP contribution < -0.4 is 19.3 Å². The molecule has 1 unspecified atom stereocenters. The third kappa shape index (κ3) is 10.4. The summed E-state index contributed by atoms with van der Waals surface area (Å²) in [5.41, 5.74) is 6.77. The van der Waals surface area contributed by atoms with Crippen LogP contribution in [0.4, 0.5) is 0 Å². The van der Waals surface area contributed by atoms with Crippen molar-refractivity contribution >= 4 is 19.9 Å².